The number of thioether (sulfide) groups is 1. The summed E-state index contributed by atoms with van der Waals surface area (Å²) in [5, 5.41) is 9.43. The molecule has 3 N–H and O–H groups in total. The second-order valence-corrected chi connectivity index (χ2v) is 3.32. The fourth-order valence-corrected chi connectivity index (χ4v) is 1.55. The van der Waals surface area contributed by atoms with Gasteiger partial charge >= 0.3 is 5.97 Å². The Hall–Kier alpha value is -1.01. The number of aliphatic carboxylic acids is 1. The Morgan fingerprint density at radius 3 is 2.85 bits per heavy atom. The summed E-state index contributed by atoms with van der Waals surface area (Å²) in [6.45, 7) is 0. The zero-order valence-electron chi connectivity index (χ0n) is 7.39. The third-order valence-corrected chi connectivity index (χ3v) is 2.49. The molecule has 72 valence electrons. The number of aromatic nitrogens is 2. The second kappa shape index (κ2) is 3.80. The van der Waals surface area contributed by atoms with Gasteiger partial charge in [0.2, 0.25) is 0 Å². The van der Waals surface area contributed by atoms with Crippen LogP contribution < -0.4 is 5.73 Å². The first-order valence-corrected chi connectivity index (χ1v) is 4.84. The van der Waals surface area contributed by atoms with Crippen molar-refractivity contribution in [3.05, 3.63) is 11.9 Å². The van der Waals surface area contributed by atoms with E-state index in [0.29, 0.717) is 5.69 Å². The summed E-state index contributed by atoms with van der Waals surface area (Å²) < 4.78 is 1.68. The first-order valence-electron chi connectivity index (χ1n) is 3.62. The fraction of sp³-hybridized carbons (Fsp3) is 0.429. The van der Waals surface area contributed by atoms with E-state index in [1.807, 2.05) is 6.26 Å². The van der Waals surface area contributed by atoms with Crippen molar-refractivity contribution >= 4 is 17.7 Å². The maximum absolute atomic E-state index is 10.6. The minimum absolute atomic E-state index is 0.511. The van der Waals surface area contributed by atoms with Gasteiger partial charge in [0.05, 0.1) is 11.9 Å². The molecule has 0 saturated heterocycles. The Balaban J connectivity index is 3.02. The van der Waals surface area contributed by atoms with E-state index < -0.39 is 12.0 Å². The number of carboxylic acids is 1. The van der Waals surface area contributed by atoms with E-state index in [-0.39, 0.29) is 0 Å². The fourth-order valence-electron chi connectivity index (χ4n) is 1.01. The molecule has 0 amide bonds. The molecule has 0 bridgehead atoms. The summed E-state index contributed by atoms with van der Waals surface area (Å²) in [7, 11) is 1.75. The normalized spacial score (nSPS) is 12.8. The molecule has 0 aliphatic carbocycles. The van der Waals surface area contributed by atoms with Crippen LogP contribution in [0.25, 0.3) is 0 Å². The number of hydrogen-bond acceptors (Lipinski definition) is 4. The van der Waals surface area contributed by atoms with Crippen LogP contribution >= 0.6 is 11.8 Å². The Kier molecular flexibility index (Phi) is 2.94. The highest BCUT2D eigenvalue weighted by atomic mass is 32.2. The summed E-state index contributed by atoms with van der Waals surface area (Å²) >= 11 is 1.45. The monoisotopic (exact) mass is 201 g/mol. The van der Waals surface area contributed by atoms with Gasteiger partial charge < -0.3 is 15.4 Å². The van der Waals surface area contributed by atoms with Gasteiger partial charge in [0.25, 0.3) is 0 Å². The van der Waals surface area contributed by atoms with Gasteiger partial charge in [0.15, 0.2) is 5.16 Å². The van der Waals surface area contributed by atoms with Crippen molar-refractivity contribution in [2.75, 3.05) is 6.26 Å². The highest BCUT2D eigenvalue weighted by Crippen LogP contribution is 2.17. The molecule has 0 aliphatic rings. The van der Waals surface area contributed by atoms with Crippen LogP contribution in [0.4, 0.5) is 0 Å². The molecule has 1 aromatic heterocycles. The first kappa shape index (κ1) is 10.1. The SMILES string of the molecule is CSc1ncc(C(N)C(=O)O)n1C. The molecule has 1 heterocycles. The molecule has 1 aromatic rings. The molecule has 13 heavy (non-hydrogen) atoms. The predicted molar refractivity (Wildman–Crippen MR) is 49.6 cm³/mol. The van der Waals surface area contributed by atoms with Gasteiger partial charge in [-0.05, 0) is 6.26 Å². The van der Waals surface area contributed by atoms with Crippen LogP contribution in [0.3, 0.4) is 0 Å². The van der Waals surface area contributed by atoms with Gasteiger partial charge in [-0.3, -0.25) is 4.79 Å². The van der Waals surface area contributed by atoms with Crippen LogP contribution in [0.5, 0.6) is 0 Å². The van der Waals surface area contributed by atoms with Crippen LogP contribution in [0.15, 0.2) is 11.4 Å². The van der Waals surface area contributed by atoms with Gasteiger partial charge in [-0.15, -0.1) is 0 Å². The van der Waals surface area contributed by atoms with Crippen LogP contribution in [0.2, 0.25) is 0 Å². The van der Waals surface area contributed by atoms with Crippen molar-refractivity contribution < 1.29 is 9.90 Å². The number of carboxylic acid groups (broad SMARTS) is 1. The topological polar surface area (TPSA) is 81.1 Å². The number of rotatable bonds is 3. The van der Waals surface area contributed by atoms with Gasteiger partial charge in [-0.25, -0.2) is 4.98 Å². The Bertz CT molecular complexity index is 324. The molecule has 1 atom stereocenters. The van der Waals surface area contributed by atoms with Crippen LogP contribution in [0, 0.1) is 0 Å². The first-order chi connectivity index (χ1) is 6.07. The smallest absolute Gasteiger partial charge is 0.326 e. The van der Waals surface area contributed by atoms with Gasteiger partial charge in [0.1, 0.15) is 6.04 Å². The quantitative estimate of drug-likeness (QED) is 0.684. The minimum atomic E-state index is -1.05. The number of imidazole rings is 1. The van der Waals surface area contributed by atoms with Gasteiger partial charge in [-0.1, -0.05) is 11.8 Å². The molecule has 0 spiro atoms. The third kappa shape index (κ3) is 1.84. The lowest BCUT2D eigenvalue weighted by molar-refractivity contribution is -0.138. The van der Waals surface area contributed by atoms with Crippen LogP contribution in [-0.2, 0) is 11.8 Å². The molecule has 1 unspecified atom stereocenters. The molecule has 0 aromatic carbocycles. The number of hydrogen-bond donors (Lipinski definition) is 2. The van der Waals surface area contributed by atoms with Crippen molar-refractivity contribution in [2.24, 2.45) is 12.8 Å². The molecule has 0 saturated carbocycles. The van der Waals surface area contributed by atoms with Crippen molar-refractivity contribution in [3.63, 3.8) is 0 Å². The number of nitrogens with zero attached hydrogens (tertiary/aromatic N) is 2. The number of nitrogens with two attached hydrogens (primary N) is 1. The Morgan fingerprint density at radius 1 is 1.85 bits per heavy atom. The lowest BCUT2D eigenvalue weighted by Gasteiger charge is -2.07. The van der Waals surface area contributed by atoms with E-state index in [1.165, 1.54) is 18.0 Å². The molecule has 0 fully saturated rings. The van der Waals surface area contributed by atoms with E-state index in [9.17, 15) is 4.79 Å². The average Bonchev–Trinajstić information content (AvgIpc) is 2.45. The lowest BCUT2D eigenvalue weighted by Crippen LogP contribution is -2.23. The third-order valence-electron chi connectivity index (χ3n) is 1.75. The second-order valence-electron chi connectivity index (χ2n) is 2.54. The van der Waals surface area contributed by atoms with Crippen molar-refractivity contribution in [3.8, 4) is 0 Å². The predicted octanol–water partition coefficient (Wildman–Crippen LogP) is 0.226. The lowest BCUT2D eigenvalue weighted by atomic mass is 10.2. The van der Waals surface area contributed by atoms with Crippen LogP contribution in [0.1, 0.15) is 11.7 Å². The molecular formula is C7H11N3O2S. The Labute approximate surface area is 79.9 Å². The van der Waals surface area contributed by atoms with E-state index in [2.05, 4.69) is 4.98 Å². The molecule has 0 radical (unpaired) electrons. The van der Waals surface area contributed by atoms with Crippen LogP contribution in [-0.4, -0.2) is 26.9 Å². The summed E-state index contributed by atoms with van der Waals surface area (Å²) in [5.41, 5.74) is 5.95. The minimum Gasteiger partial charge on any atom is -0.480 e. The largest absolute Gasteiger partial charge is 0.480 e. The molecule has 0 aliphatic heterocycles. The molecule has 6 heteroatoms. The zero-order chi connectivity index (χ0) is 10.0. The summed E-state index contributed by atoms with van der Waals surface area (Å²) in [6, 6.07) is -1.00. The average molecular weight is 201 g/mol. The zero-order valence-corrected chi connectivity index (χ0v) is 8.21. The maximum atomic E-state index is 10.6. The molecule has 1 rings (SSSR count). The summed E-state index contributed by atoms with van der Waals surface area (Å²) in [5.74, 6) is -1.05. The van der Waals surface area contributed by atoms with E-state index in [1.54, 1.807) is 11.6 Å². The summed E-state index contributed by atoms with van der Waals surface area (Å²) in [6.07, 6.45) is 3.36. The molecular weight excluding hydrogens is 190 g/mol. The van der Waals surface area contributed by atoms with Crippen molar-refractivity contribution in [1.82, 2.24) is 9.55 Å². The standard InChI is InChI=1S/C7H11N3O2S/c1-10-4(5(8)6(11)12)3-9-7(10)13-2/h3,5H,8H2,1-2H3,(H,11,12). The maximum Gasteiger partial charge on any atom is 0.326 e. The van der Waals surface area contributed by atoms with E-state index >= 15 is 0 Å². The van der Waals surface area contributed by atoms with Crippen molar-refractivity contribution in [2.45, 2.75) is 11.2 Å². The van der Waals surface area contributed by atoms with Gasteiger partial charge in [0, 0.05) is 7.05 Å². The number of carbonyl (C=O) groups is 1. The van der Waals surface area contributed by atoms with E-state index in [0.717, 1.165) is 5.16 Å². The highest BCUT2D eigenvalue weighted by molar-refractivity contribution is 7.98. The van der Waals surface area contributed by atoms with E-state index in [4.69, 9.17) is 10.8 Å². The highest BCUT2D eigenvalue weighted by Gasteiger charge is 2.19. The molecule has 5 nitrogen and oxygen atoms in total. The van der Waals surface area contributed by atoms with Gasteiger partial charge in [-0.2, -0.15) is 0 Å². The Morgan fingerprint density at radius 2 is 2.46 bits per heavy atom. The summed E-state index contributed by atoms with van der Waals surface area (Å²) in [4.78, 5) is 14.6. The van der Waals surface area contributed by atoms with Crippen molar-refractivity contribution in [1.29, 1.82) is 0 Å².